The van der Waals surface area contributed by atoms with Crippen LogP contribution >= 0.6 is 11.8 Å². The molecule has 6 heteroatoms. The van der Waals surface area contributed by atoms with Crippen LogP contribution in [0.3, 0.4) is 0 Å². The number of aromatic nitrogens is 2. The summed E-state index contributed by atoms with van der Waals surface area (Å²) in [5.41, 5.74) is 0.202. The Labute approximate surface area is 121 Å². The molecule has 1 aromatic heterocycles. The van der Waals surface area contributed by atoms with Crippen LogP contribution in [0, 0.1) is 0 Å². The monoisotopic (exact) mass is 289 g/mol. The number of nitrogens with zero attached hydrogens (tertiary/aromatic N) is 2. The van der Waals surface area contributed by atoms with Crippen LogP contribution in [0.25, 0.3) is 0 Å². The molecule has 0 atom stereocenters. The lowest BCUT2D eigenvalue weighted by atomic mass is 10.4. The van der Waals surface area contributed by atoms with Gasteiger partial charge < -0.3 is 10.1 Å². The van der Waals surface area contributed by atoms with Crippen LogP contribution in [-0.4, -0.2) is 35.3 Å². The summed E-state index contributed by atoms with van der Waals surface area (Å²) in [4.78, 5) is 20.6. The highest BCUT2D eigenvalue weighted by Gasteiger charge is 2.07. The number of ether oxygens (including phenoxy) is 1. The van der Waals surface area contributed by atoms with Gasteiger partial charge in [-0.1, -0.05) is 18.2 Å². The number of thioether (sulfide) groups is 1. The van der Waals surface area contributed by atoms with Crippen molar-refractivity contribution in [2.24, 2.45) is 0 Å². The van der Waals surface area contributed by atoms with Gasteiger partial charge in [-0.2, -0.15) is 0 Å². The molecule has 104 valence electrons. The number of nitrogens with one attached hydrogen (secondary N) is 1. The summed E-state index contributed by atoms with van der Waals surface area (Å²) in [5, 5.41) is 3.13. The lowest BCUT2D eigenvalue weighted by molar-refractivity contribution is 0.0593. The zero-order chi connectivity index (χ0) is 14.2. The number of benzene rings is 1. The number of carbonyl (C=O) groups excluding carboxylic acids is 1. The molecule has 1 aromatic carbocycles. The third-order valence-electron chi connectivity index (χ3n) is 2.45. The smallest absolute Gasteiger partial charge is 0.358 e. The minimum absolute atomic E-state index is 0.202. The van der Waals surface area contributed by atoms with Crippen molar-refractivity contribution in [1.29, 1.82) is 0 Å². The molecule has 0 saturated heterocycles. The lowest BCUT2D eigenvalue weighted by Gasteiger charge is -2.06. The Morgan fingerprint density at radius 1 is 1.30 bits per heavy atom. The minimum Gasteiger partial charge on any atom is -0.464 e. The van der Waals surface area contributed by atoms with E-state index in [0.717, 1.165) is 12.3 Å². The van der Waals surface area contributed by atoms with E-state index in [9.17, 15) is 4.79 Å². The Morgan fingerprint density at radius 3 is 2.85 bits per heavy atom. The molecule has 0 aliphatic carbocycles. The van der Waals surface area contributed by atoms with Gasteiger partial charge in [-0.25, -0.2) is 9.78 Å². The van der Waals surface area contributed by atoms with E-state index in [4.69, 9.17) is 0 Å². The predicted molar refractivity (Wildman–Crippen MR) is 79.0 cm³/mol. The Balaban J connectivity index is 1.81. The number of esters is 1. The molecule has 20 heavy (non-hydrogen) atoms. The maximum absolute atomic E-state index is 11.3. The van der Waals surface area contributed by atoms with Gasteiger partial charge in [0.1, 0.15) is 5.82 Å². The van der Waals surface area contributed by atoms with E-state index in [1.54, 1.807) is 18.0 Å². The number of anilines is 1. The van der Waals surface area contributed by atoms with E-state index in [1.165, 1.54) is 18.2 Å². The molecule has 2 aromatic rings. The quantitative estimate of drug-likeness (QED) is 0.501. The van der Waals surface area contributed by atoms with Crippen molar-refractivity contribution in [3.05, 3.63) is 48.4 Å². The van der Waals surface area contributed by atoms with Gasteiger partial charge >= 0.3 is 5.97 Å². The first kappa shape index (κ1) is 14.3. The second kappa shape index (κ2) is 7.49. The molecular weight excluding hydrogens is 274 g/mol. The Kier molecular flexibility index (Phi) is 5.37. The van der Waals surface area contributed by atoms with Crippen LogP contribution in [0.1, 0.15) is 10.5 Å². The highest BCUT2D eigenvalue weighted by Crippen LogP contribution is 2.16. The van der Waals surface area contributed by atoms with Gasteiger partial charge in [0.05, 0.1) is 19.5 Å². The molecule has 0 fully saturated rings. The summed E-state index contributed by atoms with van der Waals surface area (Å²) in [6.45, 7) is 0.735. The van der Waals surface area contributed by atoms with Crippen LogP contribution in [0.15, 0.2) is 47.6 Å². The van der Waals surface area contributed by atoms with Crippen molar-refractivity contribution in [3.63, 3.8) is 0 Å². The van der Waals surface area contributed by atoms with E-state index in [1.807, 2.05) is 18.2 Å². The van der Waals surface area contributed by atoms with Gasteiger partial charge in [0.25, 0.3) is 0 Å². The predicted octanol–water partition coefficient (Wildman–Crippen LogP) is 2.47. The second-order valence-corrected chi connectivity index (χ2v) is 5.04. The maximum atomic E-state index is 11.3. The van der Waals surface area contributed by atoms with E-state index < -0.39 is 5.97 Å². The number of methoxy groups -OCH3 is 1. The van der Waals surface area contributed by atoms with Gasteiger partial charge in [-0.05, 0) is 12.1 Å². The fourth-order valence-electron chi connectivity index (χ4n) is 1.52. The van der Waals surface area contributed by atoms with Gasteiger partial charge in [-0.15, -0.1) is 11.8 Å². The van der Waals surface area contributed by atoms with Crippen molar-refractivity contribution in [1.82, 2.24) is 9.97 Å². The minimum atomic E-state index is -0.486. The van der Waals surface area contributed by atoms with Crippen molar-refractivity contribution in [2.75, 3.05) is 24.7 Å². The Morgan fingerprint density at radius 2 is 2.10 bits per heavy atom. The van der Waals surface area contributed by atoms with Crippen LogP contribution in [0.2, 0.25) is 0 Å². The number of hydrogen-bond donors (Lipinski definition) is 1. The summed E-state index contributed by atoms with van der Waals surface area (Å²) < 4.78 is 4.60. The highest BCUT2D eigenvalue weighted by molar-refractivity contribution is 7.99. The molecule has 1 heterocycles. The van der Waals surface area contributed by atoms with Crippen molar-refractivity contribution in [2.45, 2.75) is 4.90 Å². The third kappa shape index (κ3) is 4.24. The number of hydrogen-bond acceptors (Lipinski definition) is 6. The lowest BCUT2D eigenvalue weighted by Crippen LogP contribution is -2.10. The third-order valence-corrected chi connectivity index (χ3v) is 3.46. The average Bonchev–Trinajstić information content (AvgIpc) is 2.52. The molecule has 0 bridgehead atoms. The van der Waals surface area contributed by atoms with Crippen LogP contribution in [-0.2, 0) is 4.74 Å². The largest absolute Gasteiger partial charge is 0.464 e. The van der Waals surface area contributed by atoms with E-state index in [2.05, 4.69) is 32.2 Å². The highest BCUT2D eigenvalue weighted by atomic mass is 32.2. The molecule has 1 N–H and O–H groups in total. The van der Waals surface area contributed by atoms with Gasteiger partial charge in [0.2, 0.25) is 0 Å². The Bertz CT molecular complexity index is 563. The molecular formula is C14H15N3O2S. The molecule has 0 aliphatic rings. The number of carbonyl (C=O) groups is 1. The summed E-state index contributed by atoms with van der Waals surface area (Å²) in [5.74, 6) is 0.982. The molecule has 0 aliphatic heterocycles. The van der Waals surface area contributed by atoms with Crippen LogP contribution < -0.4 is 5.32 Å². The molecule has 2 rings (SSSR count). The fourth-order valence-corrected chi connectivity index (χ4v) is 2.31. The second-order valence-electron chi connectivity index (χ2n) is 3.87. The summed E-state index contributed by atoms with van der Waals surface area (Å²) in [7, 11) is 1.32. The van der Waals surface area contributed by atoms with Crippen LogP contribution in [0.5, 0.6) is 0 Å². The van der Waals surface area contributed by atoms with Gasteiger partial charge in [0.15, 0.2) is 5.69 Å². The first-order chi connectivity index (χ1) is 9.79. The zero-order valence-corrected chi connectivity index (χ0v) is 11.9. The van der Waals surface area contributed by atoms with E-state index in [-0.39, 0.29) is 5.69 Å². The molecule has 0 spiro atoms. The molecule has 0 unspecified atom stereocenters. The molecule has 0 amide bonds. The van der Waals surface area contributed by atoms with Crippen molar-refractivity contribution < 1.29 is 9.53 Å². The standard InChI is InChI=1S/C14H15N3O2S/c1-19-14(18)12-9-15-10-13(17-12)16-7-8-20-11-5-3-2-4-6-11/h2-6,9-10H,7-8H2,1H3,(H,16,17). The van der Waals surface area contributed by atoms with Crippen LogP contribution in [0.4, 0.5) is 5.82 Å². The summed E-state index contributed by atoms with van der Waals surface area (Å²) in [6, 6.07) is 10.2. The number of rotatable bonds is 6. The summed E-state index contributed by atoms with van der Waals surface area (Å²) >= 11 is 1.75. The average molecular weight is 289 g/mol. The first-order valence-corrected chi connectivity index (χ1v) is 7.10. The topological polar surface area (TPSA) is 64.1 Å². The molecule has 0 radical (unpaired) electrons. The van der Waals surface area contributed by atoms with Crippen molar-refractivity contribution >= 4 is 23.5 Å². The SMILES string of the molecule is COC(=O)c1cncc(NCCSc2ccccc2)n1. The van der Waals surface area contributed by atoms with E-state index in [0.29, 0.717) is 5.82 Å². The fraction of sp³-hybridized carbons (Fsp3) is 0.214. The van der Waals surface area contributed by atoms with Gasteiger partial charge in [-0.3, -0.25) is 4.98 Å². The summed E-state index contributed by atoms with van der Waals surface area (Å²) in [6.07, 6.45) is 2.97. The van der Waals surface area contributed by atoms with E-state index >= 15 is 0 Å². The zero-order valence-electron chi connectivity index (χ0n) is 11.1. The normalized spacial score (nSPS) is 10.1. The molecule has 0 saturated carbocycles. The van der Waals surface area contributed by atoms with Crippen molar-refractivity contribution in [3.8, 4) is 0 Å². The Hall–Kier alpha value is -2.08. The maximum Gasteiger partial charge on any atom is 0.358 e. The van der Waals surface area contributed by atoms with Gasteiger partial charge in [0, 0.05) is 17.2 Å². The first-order valence-electron chi connectivity index (χ1n) is 6.11. The molecule has 5 nitrogen and oxygen atoms in total.